The van der Waals surface area contributed by atoms with Gasteiger partial charge in [0, 0.05) is 51.4 Å². The quantitative estimate of drug-likeness (QED) is 0.537. The summed E-state index contributed by atoms with van der Waals surface area (Å²) in [5.41, 5.74) is 1.27. The predicted molar refractivity (Wildman–Crippen MR) is 132 cm³/mol. The van der Waals surface area contributed by atoms with E-state index >= 15 is 0 Å². The summed E-state index contributed by atoms with van der Waals surface area (Å²) in [5.74, 6) is -0.0601. The Hall–Kier alpha value is -1.94. The highest BCUT2D eigenvalue weighted by Crippen LogP contribution is 2.33. The molecule has 10 heteroatoms. The molecule has 2 N–H and O–H groups in total. The predicted octanol–water partition coefficient (Wildman–Crippen LogP) is 3.97. The number of hydrogen-bond donors (Lipinski definition) is 2. The number of carbonyl (C=O) groups excluding carboxylic acids is 1. The Morgan fingerprint density at radius 1 is 1.27 bits per heavy atom. The molecule has 2 aromatic rings. The normalized spacial score (nSPS) is 17.8. The second-order valence-electron chi connectivity index (χ2n) is 8.62. The van der Waals surface area contributed by atoms with E-state index in [0.29, 0.717) is 23.7 Å². The van der Waals surface area contributed by atoms with Crippen molar-refractivity contribution in [3.05, 3.63) is 28.5 Å². The first-order chi connectivity index (χ1) is 16.0. The highest BCUT2D eigenvalue weighted by molar-refractivity contribution is 7.19. The van der Waals surface area contributed by atoms with E-state index in [1.54, 1.807) is 0 Å². The van der Waals surface area contributed by atoms with Gasteiger partial charge in [-0.05, 0) is 25.8 Å². The summed E-state index contributed by atoms with van der Waals surface area (Å²) in [6.07, 6.45) is 8.71. The zero-order valence-corrected chi connectivity index (χ0v) is 20.6. The number of halogens is 1. The van der Waals surface area contributed by atoms with Crippen LogP contribution in [0.1, 0.15) is 54.6 Å². The minimum Gasteiger partial charge on any atom is -0.477 e. The van der Waals surface area contributed by atoms with Crippen molar-refractivity contribution in [2.75, 3.05) is 49.6 Å². The van der Waals surface area contributed by atoms with Crippen LogP contribution in [0.15, 0.2) is 12.3 Å². The van der Waals surface area contributed by atoms with Gasteiger partial charge in [-0.1, -0.05) is 42.2 Å². The molecule has 2 fully saturated rings. The molecule has 8 nitrogen and oxygen atoms in total. The number of nitrogens with one attached hydrogen (secondary N) is 1. The van der Waals surface area contributed by atoms with E-state index in [9.17, 15) is 4.79 Å². The van der Waals surface area contributed by atoms with Crippen molar-refractivity contribution in [1.82, 2.24) is 14.9 Å². The van der Waals surface area contributed by atoms with Gasteiger partial charge in [-0.3, -0.25) is 15.0 Å². The third kappa shape index (κ3) is 6.15. The van der Waals surface area contributed by atoms with Gasteiger partial charge in [-0.15, -0.1) is 0 Å². The number of aryl methyl sites for hydroxylation is 1. The fourth-order valence-electron chi connectivity index (χ4n) is 4.53. The van der Waals surface area contributed by atoms with Crippen LogP contribution in [-0.2, 0) is 0 Å². The average Bonchev–Trinajstić information content (AvgIpc) is 3.20. The second kappa shape index (κ2) is 11.5. The van der Waals surface area contributed by atoms with Gasteiger partial charge in [0.15, 0.2) is 5.13 Å². The summed E-state index contributed by atoms with van der Waals surface area (Å²) in [6, 6.07) is 2.29. The van der Waals surface area contributed by atoms with Crippen LogP contribution in [-0.4, -0.2) is 71.3 Å². The van der Waals surface area contributed by atoms with Crippen LogP contribution in [0.25, 0.3) is 0 Å². The summed E-state index contributed by atoms with van der Waals surface area (Å²) >= 11 is 7.71. The molecule has 2 aromatic heterocycles. The largest absolute Gasteiger partial charge is 0.477 e. The van der Waals surface area contributed by atoms with E-state index in [1.807, 2.05) is 6.92 Å². The lowest BCUT2D eigenvalue weighted by atomic mass is 9.94. The molecule has 4 rings (SSSR count). The van der Waals surface area contributed by atoms with E-state index in [2.05, 4.69) is 25.1 Å². The number of aliphatic hydroxyl groups excluding tert-OH is 1. The fraction of sp³-hybridized carbons (Fsp3) is 0.609. The molecule has 0 unspecified atom stereocenters. The van der Waals surface area contributed by atoms with Crippen molar-refractivity contribution < 1.29 is 14.6 Å². The summed E-state index contributed by atoms with van der Waals surface area (Å²) in [4.78, 5) is 26.5. The maximum Gasteiger partial charge on any atom is 0.259 e. The Morgan fingerprint density at radius 3 is 2.73 bits per heavy atom. The minimum atomic E-state index is -0.311. The maximum absolute atomic E-state index is 12.7. The average molecular weight is 494 g/mol. The summed E-state index contributed by atoms with van der Waals surface area (Å²) < 4.78 is 5.41. The van der Waals surface area contributed by atoms with Gasteiger partial charge in [0.25, 0.3) is 5.91 Å². The fourth-order valence-corrected chi connectivity index (χ4v) is 5.77. The number of anilines is 2. The van der Waals surface area contributed by atoms with Gasteiger partial charge >= 0.3 is 0 Å². The number of rotatable bonds is 8. The van der Waals surface area contributed by atoms with Crippen LogP contribution < -0.4 is 15.0 Å². The van der Waals surface area contributed by atoms with Crippen LogP contribution in [0.4, 0.5) is 10.1 Å². The number of aromatic nitrogens is 2. The van der Waals surface area contributed by atoms with Crippen LogP contribution in [0.2, 0.25) is 5.02 Å². The number of amides is 1. The summed E-state index contributed by atoms with van der Waals surface area (Å²) in [6.45, 7) is 6.48. The Kier molecular flexibility index (Phi) is 8.40. The molecule has 0 spiro atoms. The van der Waals surface area contributed by atoms with Gasteiger partial charge < -0.3 is 14.7 Å². The second-order valence-corrected chi connectivity index (χ2v) is 10.00. The first-order valence-corrected chi connectivity index (χ1v) is 12.9. The van der Waals surface area contributed by atoms with Crippen molar-refractivity contribution in [3.63, 3.8) is 0 Å². The van der Waals surface area contributed by atoms with Gasteiger partial charge in [0.1, 0.15) is 10.0 Å². The highest BCUT2D eigenvalue weighted by Gasteiger charge is 2.27. The number of nitrogens with zero attached hydrogens (tertiary/aromatic N) is 4. The van der Waals surface area contributed by atoms with Crippen LogP contribution in [0, 0.1) is 6.92 Å². The van der Waals surface area contributed by atoms with E-state index < -0.39 is 0 Å². The summed E-state index contributed by atoms with van der Waals surface area (Å²) in [7, 11) is 0. The molecule has 3 heterocycles. The van der Waals surface area contributed by atoms with E-state index in [4.69, 9.17) is 21.4 Å². The molecule has 0 aromatic carbocycles. The number of thiazole rings is 1. The molecule has 1 aliphatic carbocycles. The topological polar surface area (TPSA) is 90.8 Å². The molecule has 33 heavy (non-hydrogen) atoms. The van der Waals surface area contributed by atoms with Crippen LogP contribution in [0.3, 0.4) is 0 Å². The van der Waals surface area contributed by atoms with E-state index in [1.165, 1.54) is 55.7 Å². The highest BCUT2D eigenvalue weighted by atomic mass is 35.5. The van der Waals surface area contributed by atoms with Gasteiger partial charge in [0.05, 0.1) is 17.9 Å². The Bertz CT molecular complexity index is 942. The first-order valence-electron chi connectivity index (χ1n) is 11.7. The Morgan fingerprint density at radius 2 is 2.03 bits per heavy atom. The molecule has 1 amide bonds. The lowest BCUT2D eigenvalue weighted by Gasteiger charge is -2.41. The maximum atomic E-state index is 12.7. The van der Waals surface area contributed by atoms with Crippen molar-refractivity contribution >= 4 is 39.0 Å². The number of hydrogen-bond acceptors (Lipinski definition) is 8. The van der Waals surface area contributed by atoms with Crippen molar-refractivity contribution in [3.8, 4) is 5.88 Å². The SMILES string of the molecule is Cc1nc(NC(=O)c2cnc(OCCCO)c(Cl)c2)sc1N1CCN(C2CCCCC2)CC1. The third-order valence-corrected chi connectivity index (χ3v) is 7.70. The number of ether oxygens (including phenoxy) is 1. The van der Waals surface area contributed by atoms with Crippen molar-refractivity contribution in [2.24, 2.45) is 0 Å². The molecule has 2 aliphatic rings. The Labute approximate surface area is 203 Å². The van der Waals surface area contributed by atoms with Crippen LogP contribution >= 0.6 is 22.9 Å². The van der Waals surface area contributed by atoms with E-state index in [0.717, 1.165) is 42.9 Å². The zero-order chi connectivity index (χ0) is 23.2. The monoisotopic (exact) mass is 493 g/mol. The Balaban J connectivity index is 1.34. The minimum absolute atomic E-state index is 0.0313. The third-order valence-electron chi connectivity index (χ3n) is 6.30. The molecular formula is C23H32ClN5O3S. The first kappa shape index (κ1) is 24.2. The molecule has 0 atom stereocenters. The molecule has 1 aliphatic heterocycles. The van der Waals surface area contributed by atoms with Crippen LogP contribution in [0.5, 0.6) is 5.88 Å². The number of aliphatic hydroxyl groups is 1. The van der Waals surface area contributed by atoms with Crippen molar-refractivity contribution in [2.45, 2.75) is 51.5 Å². The zero-order valence-electron chi connectivity index (χ0n) is 19.1. The lowest BCUT2D eigenvalue weighted by Crippen LogP contribution is -2.50. The van der Waals surface area contributed by atoms with Gasteiger partial charge in [-0.25, -0.2) is 9.97 Å². The number of piperazine rings is 1. The number of carbonyl (C=O) groups is 1. The molecule has 1 saturated heterocycles. The smallest absolute Gasteiger partial charge is 0.259 e. The molecule has 0 bridgehead atoms. The van der Waals surface area contributed by atoms with Crippen molar-refractivity contribution in [1.29, 1.82) is 0 Å². The summed E-state index contributed by atoms with van der Waals surface area (Å²) in [5, 5.41) is 13.7. The van der Waals surface area contributed by atoms with Gasteiger partial charge in [0.2, 0.25) is 5.88 Å². The van der Waals surface area contributed by atoms with E-state index in [-0.39, 0.29) is 23.4 Å². The molecule has 0 radical (unpaired) electrons. The molecule has 1 saturated carbocycles. The standard InChI is InChI=1S/C23H32ClN5O3S/c1-16-22(29-10-8-28(9-11-29)18-6-3-2-4-7-18)33-23(26-16)27-20(31)17-14-19(24)21(25-15-17)32-13-5-12-30/h14-15,18,30H,2-13H2,1H3,(H,26,27,31). The van der Waals surface area contributed by atoms with Gasteiger partial charge in [-0.2, -0.15) is 0 Å². The molecule has 180 valence electrons. The lowest BCUT2D eigenvalue weighted by molar-refractivity contribution is 0.102. The molecular weight excluding hydrogens is 462 g/mol. The number of pyridine rings is 1.